The summed E-state index contributed by atoms with van der Waals surface area (Å²) >= 11 is 3.10. The number of benzene rings is 1. The number of amides is 1. The van der Waals surface area contributed by atoms with E-state index in [0.717, 1.165) is 12.8 Å². The molecule has 0 aliphatic heterocycles. The predicted molar refractivity (Wildman–Crippen MR) is 76.2 cm³/mol. The van der Waals surface area contributed by atoms with Gasteiger partial charge in [0.25, 0.3) is 5.91 Å². The van der Waals surface area contributed by atoms with Crippen LogP contribution >= 0.6 is 15.9 Å². The molecule has 5 nitrogen and oxygen atoms in total. The van der Waals surface area contributed by atoms with Gasteiger partial charge >= 0.3 is 0 Å². The normalized spacial score (nSPS) is 15.2. The summed E-state index contributed by atoms with van der Waals surface area (Å²) in [7, 11) is 0. The van der Waals surface area contributed by atoms with Gasteiger partial charge in [-0.2, -0.15) is 0 Å². The molecule has 0 unspecified atom stereocenters. The number of hydrogen-bond acceptors (Lipinski definition) is 3. The van der Waals surface area contributed by atoms with Crippen LogP contribution in [-0.4, -0.2) is 34.4 Å². The second-order valence-corrected chi connectivity index (χ2v) is 5.47. The molecule has 1 aromatic carbocycles. The number of oxime groups is 1. The Morgan fingerprint density at radius 2 is 2.25 bits per heavy atom. The van der Waals surface area contributed by atoms with Gasteiger partial charge in [-0.15, -0.1) is 0 Å². The van der Waals surface area contributed by atoms with Gasteiger partial charge < -0.3 is 15.8 Å². The standard InChI is InChI=1S/C13H15BrFN3O2/c14-12-9(2-1-3-10(12)15)13(19)18(8-4-5-8)7-6-11(16)17-20/h1-3,8,20H,4-7H2,(H2,16,17). The van der Waals surface area contributed by atoms with Crippen LogP contribution in [0, 0.1) is 5.82 Å². The van der Waals surface area contributed by atoms with Crippen molar-refractivity contribution < 1.29 is 14.4 Å². The van der Waals surface area contributed by atoms with Crippen LogP contribution in [0.5, 0.6) is 0 Å². The van der Waals surface area contributed by atoms with Crippen molar-refractivity contribution in [1.29, 1.82) is 0 Å². The highest BCUT2D eigenvalue weighted by Crippen LogP contribution is 2.30. The lowest BCUT2D eigenvalue weighted by Crippen LogP contribution is -2.36. The first-order valence-corrected chi connectivity index (χ1v) is 7.05. The molecule has 0 saturated heterocycles. The van der Waals surface area contributed by atoms with Crippen LogP contribution < -0.4 is 5.73 Å². The third kappa shape index (κ3) is 3.27. The second-order valence-electron chi connectivity index (χ2n) is 4.67. The maximum atomic E-state index is 13.5. The molecule has 7 heteroatoms. The molecule has 1 aromatic rings. The molecular formula is C13H15BrFN3O2. The minimum atomic E-state index is -0.469. The Labute approximate surface area is 124 Å². The van der Waals surface area contributed by atoms with Gasteiger partial charge in [0.15, 0.2) is 0 Å². The summed E-state index contributed by atoms with van der Waals surface area (Å²) in [5.74, 6) is -0.644. The van der Waals surface area contributed by atoms with Crippen molar-refractivity contribution in [2.24, 2.45) is 10.9 Å². The van der Waals surface area contributed by atoms with Crippen LogP contribution in [0.4, 0.5) is 4.39 Å². The lowest BCUT2D eigenvalue weighted by Gasteiger charge is -2.22. The number of carbonyl (C=O) groups excluding carboxylic acids is 1. The summed E-state index contributed by atoms with van der Waals surface area (Å²) in [5.41, 5.74) is 5.72. The Balaban J connectivity index is 2.17. The summed E-state index contributed by atoms with van der Waals surface area (Å²) in [6.45, 7) is 0.350. The SMILES string of the molecule is N/C(CCN(C(=O)c1cccc(F)c1Br)C1CC1)=N/O. The maximum Gasteiger partial charge on any atom is 0.255 e. The van der Waals surface area contributed by atoms with E-state index in [-0.39, 0.29) is 34.2 Å². The molecule has 20 heavy (non-hydrogen) atoms. The summed E-state index contributed by atoms with van der Waals surface area (Å²) in [6, 6.07) is 4.53. The average molecular weight is 344 g/mol. The number of hydrogen-bond donors (Lipinski definition) is 2. The molecule has 0 atom stereocenters. The third-order valence-electron chi connectivity index (χ3n) is 3.17. The van der Waals surface area contributed by atoms with Crippen molar-refractivity contribution in [2.75, 3.05) is 6.54 Å². The van der Waals surface area contributed by atoms with Gasteiger partial charge in [-0.25, -0.2) is 4.39 Å². The van der Waals surface area contributed by atoms with Gasteiger partial charge in [-0.1, -0.05) is 11.2 Å². The van der Waals surface area contributed by atoms with Crippen molar-refractivity contribution in [2.45, 2.75) is 25.3 Å². The fourth-order valence-corrected chi connectivity index (χ4v) is 2.38. The quantitative estimate of drug-likeness (QED) is 0.372. The monoisotopic (exact) mass is 343 g/mol. The van der Waals surface area contributed by atoms with E-state index in [1.807, 2.05) is 0 Å². The first kappa shape index (κ1) is 14.8. The van der Waals surface area contributed by atoms with Crippen LogP contribution in [0.15, 0.2) is 27.8 Å². The minimum absolute atomic E-state index is 0.0711. The number of rotatable bonds is 5. The smallest absolute Gasteiger partial charge is 0.255 e. The Kier molecular flexibility index (Phi) is 4.59. The van der Waals surface area contributed by atoms with Crippen molar-refractivity contribution in [3.05, 3.63) is 34.1 Å². The molecule has 0 spiro atoms. The Morgan fingerprint density at radius 1 is 1.55 bits per heavy atom. The summed E-state index contributed by atoms with van der Waals surface area (Å²) in [4.78, 5) is 14.1. The van der Waals surface area contributed by atoms with Crippen molar-refractivity contribution in [3.63, 3.8) is 0 Å². The van der Waals surface area contributed by atoms with Gasteiger partial charge in [0.05, 0.1) is 10.0 Å². The van der Waals surface area contributed by atoms with E-state index in [1.165, 1.54) is 12.1 Å². The van der Waals surface area contributed by atoms with E-state index in [2.05, 4.69) is 21.1 Å². The van der Waals surface area contributed by atoms with Gasteiger partial charge in [-0.3, -0.25) is 4.79 Å². The molecule has 1 amide bonds. The van der Waals surface area contributed by atoms with Crippen LogP contribution in [0.3, 0.4) is 0 Å². The molecule has 1 fully saturated rings. The van der Waals surface area contributed by atoms with Crippen molar-refractivity contribution in [3.8, 4) is 0 Å². The van der Waals surface area contributed by atoms with Gasteiger partial charge in [0.2, 0.25) is 0 Å². The van der Waals surface area contributed by atoms with E-state index in [9.17, 15) is 9.18 Å². The molecule has 1 aliphatic rings. The maximum absolute atomic E-state index is 13.5. The highest BCUT2D eigenvalue weighted by atomic mass is 79.9. The molecule has 0 heterocycles. The Bertz CT molecular complexity index is 546. The van der Waals surface area contributed by atoms with Crippen LogP contribution in [0.2, 0.25) is 0 Å². The summed E-state index contributed by atoms with van der Waals surface area (Å²) < 4.78 is 13.7. The molecule has 1 aliphatic carbocycles. The van der Waals surface area contributed by atoms with E-state index < -0.39 is 5.82 Å². The number of nitrogens with two attached hydrogens (primary N) is 1. The topological polar surface area (TPSA) is 78.9 Å². The minimum Gasteiger partial charge on any atom is -0.409 e. The largest absolute Gasteiger partial charge is 0.409 e. The Morgan fingerprint density at radius 3 is 2.85 bits per heavy atom. The zero-order valence-electron chi connectivity index (χ0n) is 10.7. The highest BCUT2D eigenvalue weighted by molar-refractivity contribution is 9.10. The number of halogens is 2. The highest BCUT2D eigenvalue weighted by Gasteiger charge is 2.33. The van der Waals surface area contributed by atoms with Gasteiger partial charge in [-0.05, 0) is 40.9 Å². The second kappa shape index (κ2) is 6.21. The van der Waals surface area contributed by atoms with Gasteiger partial charge in [0, 0.05) is 19.0 Å². The van der Waals surface area contributed by atoms with E-state index >= 15 is 0 Å². The molecule has 0 aromatic heterocycles. The van der Waals surface area contributed by atoms with E-state index in [4.69, 9.17) is 10.9 Å². The van der Waals surface area contributed by atoms with Gasteiger partial charge in [0.1, 0.15) is 11.7 Å². The number of carbonyl (C=O) groups is 1. The molecule has 2 rings (SSSR count). The van der Waals surface area contributed by atoms with E-state index in [1.54, 1.807) is 11.0 Å². The molecule has 1 saturated carbocycles. The first-order chi connectivity index (χ1) is 9.54. The van der Waals surface area contributed by atoms with Crippen LogP contribution in [-0.2, 0) is 0 Å². The lowest BCUT2D eigenvalue weighted by atomic mass is 10.2. The van der Waals surface area contributed by atoms with Crippen LogP contribution in [0.1, 0.15) is 29.6 Å². The zero-order chi connectivity index (χ0) is 14.7. The first-order valence-electron chi connectivity index (χ1n) is 6.26. The molecular weight excluding hydrogens is 329 g/mol. The summed E-state index contributed by atoms with van der Waals surface area (Å²) in [5, 5.41) is 11.4. The van der Waals surface area contributed by atoms with Crippen molar-refractivity contribution >= 4 is 27.7 Å². The fraction of sp³-hybridized carbons (Fsp3) is 0.385. The van der Waals surface area contributed by atoms with E-state index in [0.29, 0.717) is 6.54 Å². The molecule has 3 N–H and O–H groups in total. The third-order valence-corrected chi connectivity index (χ3v) is 3.97. The fourth-order valence-electron chi connectivity index (χ4n) is 1.94. The molecule has 108 valence electrons. The number of nitrogens with zero attached hydrogens (tertiary/aromatic N) is 2. The summed E-state index contributed by atoms with van der Waals surface area (Å²) in [6.07, 6.45) is 2.13. The van der Waals surface area contributed by atoms with Crippen molar-refractivity contribution in [1.82, 2.24) is 4.90 Å². The molecule has 0 bridgehead atoms. The Hall–Kier alpha value is -1.63. The average Bonchev–Trinajstić information content (AvgIpc) is 3.26. The number of amidine groups is 1. The lowest BCUT2D eigenvalue weighted by molar-refractivity contribution is 0.0746. The molecule has 0 radical (unpaired) electrons. The zero-order valence-corrected chi connectivity index (χ0v) is 12.3. The van der Waals surface area contributed by atoms with Crippen LogP contribution in [0.25, 0.3) is 0 Å². The predicted octanol–water partition coefficient (Wildman–Crippen LogP) is 2.33.